The monoisotopic (exact) mass is 382 g/mol. The van der Waals surface area contributed by atoms with Gasteiger partial charge in [0.15, 0.2) is 0 Å². The number of carbonyl (C=O) groups is 1. The van der Waals surface area contributed by atoms with E-state index >= 15 is 0 Å². The van der Waals surface area contributed by atoms with Gasteiger partial charge >= 0.3 is 11.8 Å². The standard InChI is InChI=1S/C18H18N6O4/c1-3-10-23(11-4-2)14-19-15(24-16(20-14)22-18(26)28-24)21-17(25)27-12-13-8-6-5-7-9-13/h3-9H,1-2,10-12H2,(H,19,20,21,22,25,26). The van der Waals surface area contributed by atoms with Crippen LogP contribution in [0.25, 0.3) is 5.78 Å². The highest BCUT2D eigenvalue weighted by Gasteiger charge is 2.18. The summed E-state index contributed by atoms with van der Waals surface area (Å²) in [7, 11) is 0. The maximum absolute atomic E-state index is 12.2. The maximum atomic E-state index is 12.2. The molecule has 28 heavy (non-hydrogen) atoms. The second-order valence-corrected chi connectivity index (χ2v) is 5.58. The van der Waals surface area contributed by atoms with E-state index in [-0.39, 0.29) is 24.3 Å². The first-order valence-electron chi connectivity index (χ1n) is 8.33. The van der Waals surface area contributed by atoms with Crippen LogP contribution >= 0.6 is 0 Å². The molecule has 0 spiro atoms. The summed E-state index contributed by atoms with van der Waals surface area (Å²) in [5.41, 5.74) is 0.823. The number of amides is 1. The van der Waals surface area contributed by atoms with Crippen LogP contribution in [0.3, 0.4) is 0 Å². The lowest BCUT2D eigenvalue weighted by Crippen LogP contribution is -2.27. The molecular weight excluding hydrogens is 364 g/mol. The van der Waals surface area contributed by atoms with Gasteiger partial charge in [-0.3, -0.25) is 5.32 Å². The van der Waals surface area contributed by atoms with Gasteiger partial charge in [-0.25, -0.2) is 9.59 Å². The number of ether oxygens (including phenoxy) is 1. The number of nitrogens with one attached hydrogen (secondary N) is 1. The molecule has 1 amide bonds. The van der Waals surface area contributed by atoms with Crippen molar-refractivity contribution in [1.29, 1.82) is 0 Å². The summed E-state index contributed by atoms with van der Waals surface area (Å²) < 4.78 is 11.0. The third-order valence-corrected chi connectivity index (χ3v) is 3.55. The van der Waals surface area contributed by atoms with Gasteiger partial charge in [0.1, 0.15) is 6.61 Å². The fourth-order valence-corrected chi connectivity index (χ4v) is 2.35. The first-order valence-corrected chi connectivity index (χ1v) is 8.33. The zero-order chi connectivity index (χ0) is 19.9. The first kappa shape index (κ1) is 18.8. The summed E-state index contributed by atoms with van der Waals surface area (Å²) in [4.78, 5) is 37.5. The fourth-order valence-electron chi connectivity index (χ4n) is 2.35. The molecule has 0 saturated carbocycles. The summed E-state index contributed by atoms with van der Waals surface area (Å²) in [5, 5.41) is 2.45. The van der Waals surface area contributed by atoms with Gasteiger partial charge in [0, 0.05) is 13.1 Å². The number of rotatable bonds is 8. The van der Waals surface area contributed by atoms with Crippen LogP contribution in [0.2, 0.25) is 0 Å². The third-order valence-electron chi connectivity index (χ3n) is 3.55. The van der Waals surface area contributed by atoms with Crippen molar-refractivity contribution in [3.8, 4) is 0 Å². The molecule has 2 aromatic heterocycles. The van der Waals surface area contributed by atoms with Gasteiger partial charge in [0.2, 0.25) is 5.95 Å². The zero-order valence-electron chi connectivity index (χ0n) is 14.9. The van der Waals surface area contributed by atoms with Gasteiger partial charge in [0.05, 0.1) is 0 Å². The minimum absolute atomic E-state index is 0.0496. The summed E-state index contributed by atoms with van der Waals surface area (Å²) in [6, 6.07) is 9.19. The zero-order valence-corrected chi connectivity index (χ0v) is 14.9. The number of nitrogens with zero attached hydrogens (tertiary/aromatic N) is 5. The number of carbonyl (C=O) groups excluding carboxylic acids is 1. The average molecular weight is 382 g/mol. The largest absolute Gasteiger partial charge is 0.462 e. The van der Waals surface area contributed by atoms with Crippen LogP contribution in [-0.4, -0.2) is 38.7 Å². The highest BCUT2D eigenvalue weighted by molar-refractivity contribution is 5.82. The summed E-state index contributed by atoms with van der Waals surface area (Å²) in [6.45, 7) is 8.28. The number of aromatic nitrogens is 4. The van der Waals surface area contributed by atoms with Crippen molar-refractivity contribution in [3.63, 3.8) is 0 Å². The van der Waals surface area contributed by atoms with Crippen LogP contribution in [-0.2, 0) is 11.3 Å². The van der Waals surface area contributed by atoms with Gasteiger partial charge in [-0.15, -0.1) is 18.1 Å². The Kier molecular flexibility index (Phi) is 5.80. The van der Waals surface area contributed by atoms with Crippen molar-refractivity contribution in [1.82, 2.24) is 19.5 Å². The molecule has 3 aromatic rings. The second kappa shape index (κ2) is 8.62. The number of benzene rings is 1. The number of hydrogen-bond donors (Lipinski definition) is 1. The molecule has 2 heterocycles. The summed E-state index contributed by atoms with van der Waals surface area (Å²) in [5.74, 6) is -0.796. The number of anilines is 2. The molecule has 10 nitrogen and oxygen atoms in total. The molecule has 144 valence electrons. The summed E-state index contributed by atoms with van der Waals surface area (Å²) >= 11 is 0. The van der Waals surface area contributed by atoms with Crippen molar-refractivity contribution in [2.24, 2.45) is 0 Å². The SMILES string of the molecule is C=CCN(CC=C)c1nc(NC(=O)OCc2ccccc2)n2oc(=O)nc2n1. The number of fused-ring (bicyclic) bond motifs is 1. The molecule has 3 rings (SSSR count). The van der Waals surface area contributed by atoms with Crippen molar-refractivity contribution in [2.45, 2.75) is 6.61 Å². The minimum atomic E-state index is -0.869. The molecular formula is C18H18N6O4. The number of hydrogen-bond acceptors (Lipinski definition) is 8. The lowest BCUT2D eigenvalue weighted by atomic mass is 10.2. The molecule has 0 atom stereocenters. The molecule has 0 aliphatic carbocycles. The molecule has 0 radical (unpaired) electrons. The van der Waals surface area contributed by atoms with Crippen LogP contribution in [0.5, 0.6) is 0 Å². The Morgan fingerprint density at radius 3 is 2.57 bits per heavy atom. The van der Waals surface area contributed by atoms with Crippen LogP contribution in [0.15, 0.2) is 65.0 Å². The fraction of sp³-hybridized carbons (Fsp3) is 0.167. The Hall–Kier alpha value is -3.95. The molecule has 0 unspecified atom stereocenters. The molecule has 0 bridgehead atoms. The Bertz CT molecular complexity index is 1030. The van der Waals surface area contributed by atoms with Gasteiger partial charge in [-0.2, -0.15) is 9.97 Å². The van der Waals surface area contributed by atoms with E-state index < -0.39 is 11.8 Å². The maximum Gasteiger partial charge on any atom is 0.462 e. The predicted molar refractivity (Wildman–Crippen MR) is 102 cm³/mol. The quantitative estimate of drug-likeness (QED) is 0.588. The van der Waals surface area contributed by atoms with E-state index in [1.807, 2.05) is 30.3 Å². The van der Waals surface area contributed by atoms with Crippen LogP contribution < -0.4 is 16.0 Å². The third kappa shape index (κ3) is 4.41. The molecule has 1 aromatic carbocycles. The highest BCUT2D eigenvalue weighted by Crippen LogP contribution is 2.14. The van der Waals surface area contributed by atoms with Gasteiger partial charge in [-0.1, -0.05) is 47.1 Å². The van der Waals surface area contributed by atoms with Crippen LogP contribution in [0.1, 0.15) is 5.56 Å². The molecule has 0 fully saturated rings. The normalized spacial score (nSPS) is 10.4. The van der Waals surface area contributed by atoms with Crippen molar-refractivity contribution >= 4 is 23.8 Å². The highest BCUT2D eigenvalue weighted by atomic mass is 16.6. The average Bonchev–Trinajstić information content (AvgIpc) is 3.07. The van der Waals surface area contributed by atoms with Crippen molar-refractivity contribution < 1.29 is 14.1 Å². The Morgan fingerprint density at radius 1 is 1.18 bits per heavy atom. The predicted octanol–water partition coefficient (Wildman–Crippen LogP) is 2.00. The van der Waals surface area contributed by atoms with Gasteiger partial charge < -0.3 is 14.2 Å². The van der Waals surface area contributed by atoms with E-state index in [9.17, 15) is 9.59 Å². The first-order chi connectivity index (χ1) is 13.6. The van der Waals surface area contributed by atoms with Gasteiger partial charge in [-0.05, 0) is 5.56 Å². The van der Waals surface area contributed by atoms with E-state index in [0.29, 0.717) is 13.1 Å². The minimum Gasteiger partial charge on any atom is -0.444 e. The van der Waals surface area contributed by atoms with E-state index in [0.717, 1.165) is 10.1 Å². The van der Waals surface area contributed by atoms with Crippen LogP contribution in [0, 0.1) is 0 Å². The van der Waals surface area contributed by atoms with E-state index in [1.165, 1.54) is 0 Å². The van der Waals surface area contributed by atoms with E-state index in [2.05, 4.69) is 33.4 Å². The van der Waals surface area contributed by atoms with Gasteiger partial charge in [0.25, 0.3) is 11.7 Å². The molecule has 1 N–H and O–H groups in total. The second-order valence-electron chi connectivity index (χ2n) is 5.58. The Labute approximate surface area is 159 Å². The van der Waals surface area contributed by atoms with Crippen molar-refractivity contribution in [3.05, 3.63) is 71.8 Å². The molecule has 0 saturated heterocycles. The van der Waals surface area contributed by atoms with E-state index in [1.54, 1.807) is 17.1 Å². The van der Waals surface area contributed by atoms with E-state index in [4.69, 9.17) is 9.26 Å². The smallest absolute Gasteiger partial charge is 0.444 e. The van der Waals surface area contributed by atoms with Crippen molar-refractivity contribution in [2.75, 3.05) is 23.3 Å². The molecule has 0 aliphatic rings. The Balaban J connectivity index is 1.85. The molecule has 0 aliphatic heterocycles. The molecule has 10 heteroatoms. The summed E-state index contributed by atoms with van der Waals surface area (Å²) in [6.07, 6.45) is 2.55. The lowest BCUT2D eigenvalue weighted by Gasteiger charge is -2.19. The topological polar surface area (TPSA) is 115 Å². The van der Waals surface area contributed by atoms with Crippen LogP contribution in [0.4, 0.5) is 16.7 Å². The Morgan fingerprint density at radius 2 is 1.89 bits per heavy atom. The lowest BCUT2D eigenvalue weighted by molar-refractivity contribution is 0.154.